The highest BCUT2D eigenvalue weighted by molar-refractivity contribution is 7.78. The van der Waals surface area contributed by atoms with E-state index in [-0.39, 0.29) is 11.8 Å². The van der Waals surface area contributed by atoms with Gasteiger partial charge in [0.2, 0.25) is 5.91 Å². The average Bonchev–Trinajstić information content (AvgIpc) is 2.15. The van der Waals surface area contributed by atoms with Gasteiger partial charge in [-0.05, 0) is 12.8 Å². The molecular weight excluding hydrogens is 134 g/mol. The second kappa shape index (κ2) is 2.60. The van der Waals surface area contributed by atoms with Crippen LogP contribution >= 0.6 is 12.8 Å². The number of rotatable bonds is 1. The van der Waals surface area contributed by atoms with Crippen LogP contribution in [0.25, 0.3) is 0 Å². The van der Waals surface area contributed by atoms with E-state index < -0.39 is 0 Å². The van der Waals surface area contributed by atoms with E-state index in [1.165, 1.54) is 4.31 Å². The maximum atomic E-state index is 11.0. The van der Waals surface area contributed by atoms with Crippen LogP contribution in [0.2, 0.25) is 0 Å². The maximum Gasteiger partial charge on any atom is 0.235 e. The highest BCUT2D eigenvalue weighted by Crippen LogP contribution is 2.21. The average molecular weight is 145 g/mol. The molecule has 0 aromatic carbocycles. The number of hydrogen-bond acceptors (Lipinski definition) is 2. The Bertz CT molecular complexity index is 126. The van der Waals surface area contributed by atoms with Gasteiger partial charge in [0.1, 0.15) is 0 Å². The third-order valence-corrected chi connectivity index (χ3v) is 2.18. The van der Waals surface area contributed by atoms with Crippen LogP contribution in [0.4, 0.5) is 0 Å². The molecule has 0 aromatic heterocycles. The summed E-state index contributed by atoms with van der Waals surface area (Å²) in [7, 11) is 0. The predicted octanol–water partition coefficient (Wildman–Crippen LogP) is 1.09. The van der Waals surface area contributed by atoms with Gasteiger partial charge in [-0.25, -0.2) is 0 Å². The van der Waals surface area contributed by atoms with Gasteiger partial charge in [0.25, 0.3) is 0 Å². The second-order valence-corrected chi connectivity index (χ2v) is 2.84. The summed E-state index contributed by atoms with van der Waals surface area (Å²) >= 11 is 3.98. The molecule has 1 unspecified atom stereocenters. The Morgan fingerprint density at radius 1 is 1.89 bits per heavy atom. The van der Waals surface area contributed by atoms with Gasteiger partial charge in [0.15, 0.2) is 0 Å². The summed E-state index contributed by atoms with van der Waals surface area (Å²) in [5.74, 6) is 0.448. The van der Waals surface area contributed by atoms with E-state index in [1.807, 2.05) is 6.92 Å². The van der Waals surface area contributed by atoms with Gasteiger partial charge in [0, 0.05) is 12.5 Å². The predicted molar refractivity (Wildman–Crippen MR) is 39.1 cm³/mol. The van der Waals surface area contributed by atoms with Crippen molar-refractivity contribution in [2.24, 2.45) is 5.92 Å². The van der Waals surface area contributed by atoms with Gasteiger partial charge in [-0.2, -0.15) is 0 Å². The van der Waals surface area contributed by atoms with Crippen molar-refractivity contribution in [2.75, 3.05) is 6.54 Å². The van der Waals surface area contributed by atoms with Crippen LogP contribution in [-0.2, 0) is 4.79 Å². The second-order valence-electron chi connectivity index (χ2n) is 2.36. The summed E-state index contributed by atoms with van der Waals surface area (Å²) < 4.78 is 1.51. The number of hydrogen-bond donors (Lipinski definition) is 1. The third-order valence-electron chi connectivity index (χ3n) is 1.79. The first-order valence-electron chi connectivity index (χ1n) is 3.26. The van der Waals surface area contributed by atoms with Crippen LogP contribution in [0.3, 0.4) is 0 Å². The standard InChI is InChI=1S/C6H11NOS/c1-2-5-3-4-7(9)6(5)8/h5,9H,2-4H2,1H3. The van der Waals surface area contributed by atoms with Crippen molar-refractivity contribution in [2.45, 2.75) is 19.8 Å². The molecule has 1 aliphatic rings. The Kier molecular flexibility index (Phi) is 2.01. The van der Waals surface area contributed by atoms with Crippen LogP contribution in [-0.4, -0.2) is 16.8 Å². The van der Waals surface area contributed by atoms with Gasteiger partial charge >= 0.3 is 0 Å². The molecule has 2 nitrogen and oxygen atoms in total. The molecule has 0 aromatic rings. The molecule has 9 heavy (non-hydrogen) atoms. The van der Waals surface area contributed by atoms with Gasteiger partial charge in [0.05, 0.1) is 0 Å². The van der Waals surface area contributed by atoms with Crippen LogP contribution in [0.15, 0.2) is 0 Å². The van der Waals surface area contributed by atoms with E-state index in [0.29, 0.717) is 0 Å². The molecule has 52 valence electrons. The number of nitrogens with zero attached hydrogens (tertiary/aromatic N) is 1. The van der Waals surface area contributed by atoms with Crippen molar-refractivity contribution in [3.63, 3.8) is 0 Å². The minimum absolute atomic E-state index is 0.195. The molecule has 1 aliphatic heterocycles. The fourth-order valence-electron chi connectivity index (χ4n) is 1.10. The van der Waals surface area contributed by atoms with Crippen molar-refractivity contribution in [3.8, 4) is 0 Å². The summed E-state index contributed by atoms with van der Waals surface area (Å²) in [6.45, 7) is 2.86. The lowest BCUT2D eigenvalue weighted by atomic mass is 10.1. The monoisotopic (exact) mass is 145 g/mol. The minimum atomic E-state index is 0.195. The van der Waals surface area contributed by atoms with E-state index >= 15 is 0 Å². The lowest BCUT2D eigenvalue weighted by molar-refractivity contribution is -0.126. The quantitative estimate of drug-likeness (QED) is 0.548. The zero-order valence-corrected chi connectivity index (χ0v) is 6.40. The fraction of sp³-hybridized carbons (Fsp3) is 0.833. The topological polar surface area (TPSA) is 20.3 Å². The Balaban J connectivity index is 2.51. The first-order valence-corrected chi connectivity index (χ1v) is 3.66. The van der Waals surface area contributed by atoms with Crippen molar-refractivity contribution in [1.82, 2.24) is 4.31 Å². The molecular formula is C6H11NOS. The van der Waals surface area contributed by atoms with E-state index in [2.05, 4.69) is 12.8 Å². The summed E-state index contributed by atoms with van der Waals surface area (Å²) in [6, 6.07) is 0. The fourth-order valence-corrected chi connectivity index (χ4v) is 1.38. The van der Waals surface area contributed by atoms with E-state index in [4.69, 9.17) is 0 Å². The third kappa shape index (κ3) is 1.21. The highest BCUT2D eigenvalue weighted by Gasteiger charge is 2.27. The first kappa shape index (κ1) is 6.93. The largest absolute Gasteiger partial charge is 0.289 e. The molecule has 1 saturated heterocycles. The highest BCUT2D eigenvalue weighted by atomic mass is 32.1. The van der Waals surface area contributed by atoms with Crippen LogP contribution in [0.1, 0.15) is 19.8 Å². The summed E-state index contributed by atoms with van der Waals surface area (Å²) in [6.07, 6.45) is 1.94. The summed E-state index contributed by atoms with van der Waals surface area (Å²) in [4.78, 5) is 11.0. The molecule has 1 heterocycles. The molecule has 0 spiro atoms. The minimum Gasteiger partial charge on any atom is -0.289 e. The molecule has 0 aliphatic carbocycles. The number of amides is 1. The van der Waals surface area contributed by atoms with Gasteiger partial charge < -0.3 is 0 Å². The molecule has 1 fully saturated rings. The molecule has 0 bridgehead atoms. The smallest absolute Gasteiger partial charge is 0.235 e. The maximum absolute atomic E-state index is 11.0. The van der Waals surface area contributed by atoms with E-state index in [0.717, 1.165) is 19.4 Å². The van der Waals surface area contributed by atoms with E-state index in [1.54, 1.807) is 0 Å². The normalized spacial score (nSPS) is 27.6. The molecule has 0 saturated carbocycles. The lowest BCUT2D eigenvalue weighted by Crippen LogP contribution is -2.17. The van der Waals surface area contributed by atoms with Crippen molar-refractivity contribution < 1.29 is 4.79 Å². The number of carbonyl (C=O) groups excluding carboxylic acids is 1. The van der Waals surface area contributed by atoms with Crippen LogP contribution in [0, 0.1) is 5.92 Å². The zero-order valence-electron chi connectivity index (χ0n) is 5.50. The lowest BCUT2D eigenvalue weighted by Gasteiger charge is -2.05. The first-order chi connectivity index (χ1) is 4.25. The van der Waals surface area contributed by atoms with Crippen molar-refractivity contribution >= 4 is 18.7 Å². The molecule has 0 N–H and O–H groups in total. The summed E-state index contributed by atoms with van der Waals surface area (Å²) in [5.41, 5.74) is 0. The molecule has 0 radical (unpaired) electrons. The molecule has 3 heteroatoms. The van der Waals surface area contributed by atoms with Gasteiger partial charge in [-0.15, -0.1) is 0 Å². The summed E-state index contributed by atoms with van der Waals surface area (Å²) in [5, 5.41) is 0. The van der Waals surface area contributed by atoms with Crippen LogP contribution < -0.4 is 0 Å². The Morgan fingerprint density at radius 2 is 2.56 bits per heavy atom. The van der Waals surface area contributed by atoms with Crippen molar-refractivity contribution in [1.29, 1.82) is 0 Å². The zero-order chi connectivity index (χ0) is 6.85. The van der Waals surface area contributed by atoms with E-state index in [9.17, 15) is 4.79 Å². The molecule has 1 rings (SSSR count). The van der Waals surface area contributed by atoms with Crippen molar-refractivity contribution in [3.05, 3.63) is 0 Å². The SMILES string of the molecule is CCC1CCN(S)C1=O. The van der Waals surface area contributed by atoms with Gasteiger partial charge in [-0.3, -0.25) is 9.10 Å². The molecule has 1 amide bonds. The number of carbonyl (C=O) groups is 1. The Labute approximate surface area is 60.8 Å². The van der Waals surface area contributed by atoms with Gasteiger partial charge in [-0.1, -0.05) is 19.7 Å². The number of thiol groups is 1. The van der Waals surface area contributed by atoms with Crippen LogP contribution in [0.5, 0.6) is 0 Å². The Morgan fingerprint density at radius 3 is 2.78 bits per heavy atom. The molecule has 1 atom stereocenters. The Hall–Kier alpha value is -0.180.